The van der Waals surface area contributed by atoms with E-state index in [2.05, 4.69) is 35.1 Å². The molecule has 0 aromatic heterocycles. The molecule has 1 N–H and O–H groups in total. The first kappa shape index (κ1) is 15.5. The van der Waals surface area contributed by atoms with Crippen molar-refractivity contribution >= 4 is 21.9 Å². The minimum absolute atomic E-state index is 0.304. The molecule has 0 atom stereocenters. The number of carbonyl (C=O) groups excluding carboxylic acids is 1. The monoisotopic (exact) mass is 339 g/mol. The van der Waals surface area contributed by atoms with Gasteiger partial charge in [0.15, 0.2) is 0 Å². The van der Waals surface area contributed by atoms with Gasteiger partial charge in [0.2, 0.25) is 0 Å². The molecule has 20 heavy (non-hydrogen) atoms. The number of methoxy groups -OCH3 is 1. The molecule has 0 aliphatic heterocycles. The molecule has 3 nitrogen and oxygen atoms in total. The number of benzene rings is 1. The summed E-state index contributed by atoms with van der Waals surface area (Å²) < 4.78 is 5.66. The fourth-order valence-electron chi connectivity index (χ4n) is 2.50. The molecule has 1 saturated carbocycles. The zero-order valence-corrected chi connectivity index (χ0v) is 13.9. The molecule has 1 fully saturated rings. The molecule has 0 unspecified atom stereocenters. The molecule has 1 aromatic carbocycles. The van der Waals surface area contributed by atoms with Crippen molar-refractivity contribution in [1.29, 1.82) is 0 Å². The van der Waals surface area contributed by atoms with Crippen molar-refractivity contribution in [3.8, 4) is 0 Å². The van der Waals surface area contributed by atoms with E-state index < -0.39 is 0 Å². The van der Waals surface area contributed by atoms with Gasteiger partial charge in [0, 0.05) is 17.6 Å². The first-order valence-corrected chi connectivity index (χ1v) is 7.85. The standard InChI is InChI=1S/C16H22BrNO2/c1-11(2)16(6-7-16)10-18-9-13-5-4-12(8-14(13)17)15(19)20-3/h4-5,8,11,18H,6-7,9-10H2,1-3H3. The topological polar surface area (TPSA) is 38.3 Å². The Bertz CT molecular complexity index is 495. The van der Waals surface area contributed by atoms with Gasteiger partial charge in [0.05, 0.1) is 12.7 Å². The van der Waals surface area contributed by atoms with Crippen molar-refractivity contribution in [2.75, 3.05) is 13.7 Å². The summed E-state index contributed by atoms with van der Waals surface area (Å²) in [5, 5.41) is 3.54. The second kappa shape index (κ2) is 6.27. The average Bonchev–Trinajstić information content (AvgIpc) is 3.21. The summed E-state index contributed by atoms with van der Waals surface area (Å²) in [6.07, 6.45) is 2.67. The zero-order valence-electron chi connectivity index (χ0n) is 12.3. The minimum atomic E-state index is -0.304. The summed E-state index contributed by atoms with van der Waals surface area (Å²) in [5.74, 6) is 0.432. The number of esters is 1. The van der Waals surface area contributed by atoms with E-state index in [1.807, 2.05) is 18.2 Å². The van der Waals surface area contributed by atoms with E-state index in [0.717, 1.165) is 29.0 Å². The molecule has 0 amide bonds. The Hall–Kier alpha value is -0.870. The van der Waals surface area contributed by atoms with Crippen LogP contribution in [0.3, 0.4) is 0 Å². The van der Waals surface area contributed by atoms with Crippen molar-refractivity contribution in [2.45, 2.75) is 33.2 Å². The first-order chi connectivity index (χ1) is 9.48. The normalized spacial score (nSPS) is 16.2. The molecule has 2 rings (SSSR count). The fourth-order valence-corrected chi connectivity index (χ4v) is 3.02. The number of hydrogen-bond donors (Lipinski definition) is 1. The SMILES string of the molecule is COC(=O)c1ccc(CNCC2(C(C)C)CC2)c(Br)c1. The fraction of sp³-hybridized carbons (Fsp3) is 0.562. The molecular formula is C16H22BrNO2. The van der Waals surface area contributed by atoms with Gasteiger partial charge in [-0.15, -0.1) is 0 Å². The zero-order chi connectivity index (χ0) is 14.8. The van der Waals surface area contributed by atoms with Crippen LogP contribution in [0.25, 0.3) is 0 Å². The number of halogens is 1. The number of ether oxygens (including phenoxy) is 1. The second-order valence-electron chi connectivity index (χ2n) is 5.92. The van der Waals surface area contributed by atoms with Crippen LogP contribution in [-0.4, -0.2) is 19.6 Å². The predicted octanol–water partition coefficient (Wildman–Crippen LogP) is 3.76. The molecule has 0 spiro atoms. The molecule has 0 saturated heterocycles. The van der Waals surface area contributed by atoms with Crippen LogP contribution in [0.5, 0.6) is 0 Å². The van der Waals surface area contributed by atoms with Gasteiger partial charge in [0.25, 0.3) is 0 Å². The van der Waals surface area contributed by atoms with Gasteiger partial charge < -0.3 is 10.1 Å². The van der Waals surface area contributed by atoms with Crippen molar-refractivity contribution in [1.82, 2.24) is 5.32 Å². The third kappa shape index (κ3) is 3.41. The lowest BCUT2D eigenvalue weighted by molar-refractivity contribution is 0.0600. The number of nitrogens with one attached hydrogen (secondary N) is 1. The summed E-state index contributed by atoms with van der Waals surface area (Å²) in [4.78, 5) is 11.4. The molecule has 110 valence electrons. The maximum atomic E-state index is 11.4. The largest absolute Gasteiger partial charge is 0.465 e. The van der Waals surface area contributed by atoms with Gasteiger partial charge >= 0.3 is 5.97 Å². The smallest absolute Gasteiger partial charge is 0.337 e. The van der Waals surface area contributed by atoms with Crippen LogP contribution >= 0.6 is 15.9 Å². The summed E-state index contributed by atoms with van der Waals surface area (Å²) in [6, 6.07) is 5.60. The maximum Gasteiger partial charge on any atom is 0.337 e. The highest BCUT2D eigenvalue weighted by molar-refractivity contribution is 9.10. The lowest BCUT2D eigenvalue weighted by atomic mass is 9.92. The maximum absolute atomic E-state index is 11.4. The molecule has 1 aliphatic carbocycles. The lowest BCUT2D eigenvalue weighted by Gasteiger charge is -2.20. The second-order valence-corrected chi connectivity index (χ2v) is 6.77. The summed E-state index contributed by atoms with van der Waals surface area (Å²) in [6.45, 7) is 6.48. The highest BCUT2D eigenvalue weighted by Crippen LogP contribution is 2.51. The van der Waals surface area contributed by atoms with Crippen LogP contribution in [0.1, 0.15) is 42.6 Å². The predicted molar refractivity (Wildman–Crippen MR) is 83.7 cm³/mol. The van der Waals surface area contributed by atoms with Crippen molar-refractivity contribution < 1.29 is 9.53 Å². The lowest BCUT2D eigenvalue weighted by Crippen LogP contribution is -2.27. The molecular weight excluding hydrogens is 318 g/mol. The van der Waals surface area contributed by atoms with Crippen LogP contribution in [0.2, 0.25) is 0 Å². The molecule has 0 heterocycles. The number of carbonyl (C=O) groups is 1. The van der Waals surface area contributed by atoms with Crippen LogP contribution < -0.4 is 5.32 Å². The highest BCUT2D eigenvalue weighted by Gasteiger charge is 2.44. The number of hydrogen-bond acceptors (Lipinski definition) is 3. The summed E-state index contributed by atoms with van der Waals surface area (Å²) in [7, 11) is 1.40. The van der Waals surface area contributed by atoms with E-state index in [4.69, 9.17) is 4.74 Å². The third-order valence-corrected chi connectivity index (χ3v) is 5.12. The van der Waals surface area contributed by atoms with Gasteiger partial charge in [-0.2, -0.15) is 0 Å². The Balaban J connectivity index is 1.92. The Kier molecular flexibility index (Phi) is 4.86. The Morgan fingerprint density at radius 2 is 2.15 bits per heavy atom. The van der Waals surface area contributed by atoms with Gasteiger partial charge in [-0.05, 0) is 41.9 Å². The highest BCUT2D eigenvalue weighted by atomic mass is 79.9. The van der Waals surface area contributed by atoms with Gasteiger partial charge in [0.1, 0.15) is 0 Å². The molecule has 1 aliphatic rings. The average molecular weight is 340 g/mol. The van der Waals surface area contributed by atoms with E-state index >= 15 is 0 Å². The van der Waals surface area contributed by atoms with Gasteiger partial charge in [-0.3, -0.25) is 0 Å². The van der Waals surface area contributed by atoms with Crippen molar-refractivity contribution in [3.63, 3.8) is 0 Å². The molecule has 0 radical (unpaired) electrons. The summed E-state index contributed by atoms with van der Waals surface area (Å²) in [5.41, 5.74) is 2.25. The Morgan fingerprint density at radius 1 is 1.45 bits per heavy atom. The van der Waals surface area contributed by atoms with Gasteiger partial charge in [-0.1, -0.05) is 35.8 Å². The van der Waals surface area contributed by atoms with Crippen LogP contribution in [0.15, 0.2) is 22.7 Å². The first-order valence-electron chi connectivity index (χ1n) is 7.06. The summed E-state index contributed by atoms with van der Waals surface area (Å²) >= 11 is 3.52. The van der Waals surface area contributed by atoms with E-state index in [1.54, 1.807) is 0 Å². The Morgan fingerprint density at radius 3 is 2.65 bits per heavy atom. The van der Waals surface area contributed by atoms with Crippen LogP contribution in [0, 0.1) is 11.3 Å². The van der Waals surface area contributed by atoms with E-state index in [9.17, 15) is 4.79 Å². The van der Waals surface area contributed by atoms with Crippen molar-refractivity contribution in [2.24, 2.45) is 11.3 Å². The Labute approximate surface area is 129 Å². The van der Waals surface area contributed by atoms with Crippen molar-refractivity contribution in [3.05, 3.63) is 33.8 Å². The number of rotatable bonds is 6. The quantitative estimate of drug-likeness (QED) is 0.802. The van der Waals surface area contributed by atoms with Crippen LogP contribution in [0.4, 0.5) is 0 Å². The van der Waals surface area contributed by atoms with E-state index in [1.165, 1.54) is 20.0 Å². The van der Waals surface area contributed by atoms with Gasteiger partial charge in [-0.25, -0.2) is 4.79 Å². The van der Waals surface area contributed by atoms with Crippen LogP contribution in [-0.2, 0) is 11.3 Å². The third-order valence-electron chi connectivity index (χ3n) is 4.38. The minimum Gasteiger partial charge on any atom is -0.465 e. The van der Waals surface area contributed by atoms with E-state index in [-0.39, 0.29) is 5.97 Å². The molecule has 0 bridgehead atoms. The molecule has 1 aromatic rings. The molecule has 4 heteroatoms. The van der Waals surface area contributed by atoms with E-state index in [0.29, 0.717) is 11.0 Å².